The maximum atomic E-state index is 5.97. The van der Waals surface area contributed by atoms with Gasteiger partial charge < -0.3 is 15.8 Å². The first-order valence-electron chi connectivity index (χ1n) is 7.83. The van der Waals surface area contributed by atoms with E-state index < -0.39 is 0 Å². The fraction of sp³-hybridized carbons (Fsp3) is 0.933. The Labute approximate surface area is 116 Å². The minimum Gasteiger partial charge on any atom is -0.377 e. The zero-order valence-electron chi connectivity index (χ0n) is 12.0. The molecule has 1 saturated heterocycles. The number of ether oxygens (including phenoxy) is 1. The summed E-state index contributed by atoms with van der Waals surface area (Å²) >= 11 is 0. The summed E-state index contributed by atoms with van der Waals surface area (Å²) in [6, 6.07) is 0. The molecule has 3 fully saturated rings. The van der Waals surface area contributed by atoms with Gasteiger partial charge in [0.15, 0.2) is 5.96 Å². The minimum atomic E-state index is 0.198. The van der Waals surface area contributed by atoms with E-state index in [1.165, 1.54) is 32.1 Å². The molecule has 0 radical (unpaired) electrons. The van der Waals surface area contributed by atoms with Gasteiger partial charge in [0.2, 0.25) is 0 Å². The van der Waals surface area contributed by atoms with Crippen LogP contribution in [0.2, 0.25) is 0 Å². The first-order valence-corrected chi connectivity index (χ1v) is 7.83. The molecule has 3 rings (SSSR count). The Morgan fingerprint density at radius 2 is 2.16 bits per heavy atom. The highest BCUT2D eigenvalue weighted by molar-refractivity contribution is 5.77. The Bertz CT molecular complexity index is 349. The van der Waals surface area contributed by atoms with Crippen LogP contribution in [-0.2, 0) is 4.74 Å². The highest BCUT2D eigenvalue weighted by atomic mass is 16.5. The molecule has 2 atom stereocenters. The summed E-state index contributed by atoms with van der Waals surface area (Å²) in [5, 5.41) is 3.27. The largest absolute Gasteiger partial charge is 0.377 e. The van der Waals surface area contributed by atoms with Crippen molar-refractivity contribution < 1.29 is 4.74 Å². The number of nitrogens with two attached hydrogens (primary N) is 1. The normalized spacial score (nSPS) is 36.3. The molecule has 2 aliphatic carbocycles. The van der Waals surface area contributed by atoms with Crippen molar-refractivity contribution in [3.8, 4) is 0 Å². The summed E-state index contributed by atoms with van der Waals surface area (Å²) in [7, 11) is 0. The van der Waals surface area contributed by atoms with Crippen molar-refractivity contribution in [3.05, 3.63) is 0 Å². The third-order valence-electron chi connectivity index (χ3n) is 5.11. The molecular weight excluding hydrogens is 238 g/mol. The van der Waals surface area contributed by atoms with E-state index in [2.05, 4.69) is 17.2 Å². The van der Waals surface area contributed by atoms with Crippen LogP contribution >= 0.6 is 0 Å². The van der Waals surface area contributed by atoms with Crippen LogP contribution in [0.4, 0.5) is 0 Å². The van der Waals surface area contributed by atoms with E-state index >= 15 is 0 Å². The number of hydrogen-bond acceptors (Lipinski definition) is 2. The second-order valence-corrected chi connectivity index (χ2v) is 6.91. The van der Waals surface area contributed by atoms with Crippen molar-refractivity contribution in [2.75, 3.05) is 19.7 Å². The maximum absolute atomic E-state index is 5.97. The topological polar surface area (TPSA) is 59.6 Å². The monoisotopic (exact) mass is 265 g/mol. The van der Waals surface area contributed by atoms with Crippen molar-refractivity contribution in [2.24, 2.45) is 28.0 Å². The van der Waals surface area contributed by atoms with Gasteiger partial charge >= 0.3 is 0 Å². The molecule has 2 unspecified atom stereocenters. The SMILES string of the molecule is CC1(CN=C(N)NCC2CCC2)CCOC1C1CC1. The van der Waals surface area contributed by atoms with Crippen LogP contribution < -0.4 is 11.1 Å². The fourth-order valence-electron chi connectivity index (χ4n) is 3.30. The van der Waals surface area contributed by atoms with Crippen LogP contribution in [-0.4, -0.2) is 31.8 Å². The van der Waals surface area contributed by atoms with Gasteiger partial charge in [-0.2, -0.15) is 0 Å². The van der Waals surface area contributed by atoms with E-state index in [1.54, 1.807) is 0 Å². The standard InChI is InChI=1S/C15H27N3O/c1-15(7-8-19-13(15)12-5-6-12)10-18-14(16)17-9-11-3-2-4-11/h11-13H,2-10H2,1H3,(H3,16,17,18). The summed E-state index contributed by atoms with van der Waals surface area (Å²) in [6.07, 6.45) is 8.26. The zero-order valence-corrected chi connectivity index (χ0v) is 12.0. The first kappa shape index (κ1) is 13.2. The van der Waals surface area contributed by atoms with Crippen LogP contribution in [0, 0.1) is 17.3 Å². The molecule has 0 bridgehead atoms. The minimum absolute atomic E-state index is 0.198. The molecule has 0 aromatic heterocycles. The van der Waals surface area contributed by atoms with E-state index in [-0.39, 0.29) is 5.41 Å². The third-order valence-corrected chi connectivity index (χ3v) is 5.11. The van der Waals surface area contributed by atoms with Gasteiger partial charge in [0, 0.05) is 18.6 Å². The lowest BCUT2D eigenvalue weighted by Crippen LogP contribution is -2.39. The van der Waals surface area contributed by atoms with Crippen molar-refractivity contribution >= 4 is 5.96 Å². The molecule has 0 aromatic rings. The quantitative estimate of drug-likeness (QED) is 0.589. The van der Waals surface area contributed by atoms with Crippen LogP contribution in [0.1, 0.15) is 45.4 Å². The molecular formula is C15H27N3O. The predicted octanol–water partition coefficient (Wildman–Crippen LogP) is 1.90. The summed E-state index contributed by atoms with van der Waals surface area (Å²) < 4.78 is 5.92. The number of aliphatic imine (C=N–C) groups is 1. The second-order valence-electron chi connectivity index (χ2n) is 6.91. The first-order chi connectivity index (χ1) is 9.17. The van der Waals surface area contributed by atoms with Gasteiger partial charge in [0.05, 0.1) is 12.6 Å². The zero-order chi connectivity index (χ0) is 13.3. The van der Waals surface area contributed by atoms with E-state index in [0.717, 1.165) is 38.0 Å². The van der Waals surface area contributed by atoms with Gasteiger partial charge in [-0.3, -0.25) is 4.99 Å². The number of nitrogens with zero attached hydrogens (tertiary/aromatic N) is 1. The summed E-state index contributed by atoms with van der Waals surface area (Å²) in [5.41, 5.74) is 6.17. The molecule has 4 heteroatoms. The lowest BCUT2D eigenvalue weighted by atomic mass is 9.81. The van der Waals surface area contributed by atoms with Gasteiger partial charge in [-0.25, -0.2) is 0 Å². The van der Waals surface area contributed by atoms with Crippen LogP contribution in [0.3, 0.4) is 0 Å². The van der Waals surface area contributed by atoms with Crippen molar-refractivity contribution in [2.45, 2.75) is 51.6 Å². The Morgan fingerprint density at radius 1 is 1.37 bits per heavy atom. The van der Waals surface area contributed by atoms with Gasteiger partial charge in [-0.1, -0.05) is 13.3 Å². The predicted molar refractivity (Wildman–Crippen MR) is 77.0 cm³/mol. The molecule has 2 saturated carbocycles. The Kier molecular flexibility index (Phi) is 3.70. The van der Waals surface area contributed by atoms with E-state index in [4.69, 9.17) is 10.5 Å². The summed E-state index contributed by atoms with van der Waals surface area (Å²) in [5.74, 6) is 2.22. The summed E-state index contributed by atoms with van der Waals surface area (Å²) in [6.45, 7) is 5.00. The van der Waals surface area contributed by atoms with E-state index in [9.17, 15) is 0 Å². The smallest absolute Gasteiger partial charge is 0.188 e. The average molecular weight is 265 g/mol. The molecule has 0 amide bonds. The molecule has 0 spiro atoms. The number of hydrogen-bond donors (Lipinski definition) is 2. The van der Waals surface area contributed by atoms with Crippen LogP contribution in [0.15, 0.2) is 4.99 Å². The van der Waals surface area contributed by atoms with Crippen molar-refractivity contribution in [1.29, 1.82) is 0 Å². The molecule has 0 aromatic carbocycles. The molecule has 19 heavy (non-hydrogen) atoms. The van der Waals surface area contributed by atoms with Gasteiger partial charge in [-0.15, -0.1) is 0 Å². The highest BCUT2D eigenvalue weighted by Gasteiger charge is 2.47. The van der Waals surface area contributed by atoms with Crippen LogP contribution in [0.5, 0.6) is 0 Å². The van der Waals surface area contributed by atoms with Crippen molar-refractivity contribution in [3.63, 3.8) is 0 Å². The number of nitrogens with one attached hydrogen (secondary N) is 1. The van der Waals surface area contributed by atoms with Gasteiger partial charge in [-0.05, 0) is 43.9 Å². The molecule has 3 aliphatic rings. The van der Waals surface area contributed by atoms with E-state index in [1.807, 2.05) is 0 Å². The highest BCUT2D eigenvalue weighted by Crippen LogP contribution is 2.47. The lowest BCUT2D eigenvalue weighted by Gasteiger charge is -2.29. The third kappa shape index (κ3) is 3.04. The van der Waals surface area contributed by atoms with Gasteiger partial charge in [0.1, 0.15) is 0 Å². The van der Waals surface area contributed by atoms with Gasteiger partial charge in [0.25, 0.3) is 0 Å². The molecule has 3 N–H and O–H groups in total. The van der Waals surface area contributed by atoms with E-state index in [0.29, 0.717) is 12.1 Å². The lowest BCUT2D eigenvalue weighted by molar-refractivity contribution is 0.0425. The van der Waals surface area contributed by atoms with Crippen LogP contribution in [0.25, 0.3) is 0 Å². The van der Waals surface area contributed by atoms with Crippen molar-refractivity contribution in [1.82, 2.24) is 5.32 Å². The Balaban J connectivity index is 1.48. The second kappa shape index (κ2) is 5.31. The molecule has 1 aliphatic heterocycles. The maximum Gasteiger partial charge on any atom is 0.188 e. The molecule has 108 valence electrons. The number of guanidine groups is 1. The average Bonchev–Trinajstić information content (AvgIpc) is 3.09. The molecule has 1 heterocycles. The Hall–Kier alpha value is -0.770. The number of rotatable bonds is 5. The summed E-state index contributed by atoms with van der Waals surface area (Å²) in [4.78, 5) is 4.57. The Morgan fingerprint density at radius 3 is 2.79 bits per heavy atom. The molecule has 4 nitrogen and oxygen atoms in total. The fourth-order valence-corrected chi connectivity index (χ4v) is 3.30.